The lowest BCUT2D eigenvalue weighted by Gasteiger charge is -2.38. The number of halogens is 2. The topological polar surface area (TPSA) is 19.4 Å². The monoisotopic (exact) mass is 405 g/mol. The van der Waals surface area contributed by atoms with Crippen LogP contribution in [0.25, 0.3) is 10.6 Å². The van der Waals surface area contributed by atoms with Gasteiger partial charge in [0.25, 0.3) is 0 Å². The zero-order valence-corrected chi connectivity index (χ0v) is 16.7. The van der Waals surface area contributed by atoms with Crippen LogP contribution in [0.2, 0.25) is 0 Å². The van der Waals surface area contributed by atoms with Crippen LogP contribution in [0, 0.1) is 11.6 Å². The summed E-state index contributed by atoms with van der Waals surface area (Å²) in [4.78, 5) is 9.39. The molecule has 1 atom stereocenters. The molecule has 0 bridgehead atoms. The summed E-state index contributed by atoms with van der Waals surface area (Å²) in [5.41, 5.74) is 2.85. The Morgan fingerprint density at radius 3 is 2.63 bits per heavy atom. The molecule has 1 unspecified atom stereocenters. The van der Waals surface area contributed by atoms with E-state index in [9.17, 15) is 8.78 Å². The van der Waals surface area contributed by atoms with Gasteiger partial charge in [0.1, 0.15) is 16.6 Å². The number of piperazine rings is 1. The molecule has 0 radical (unpaired) electrons. The van der Waals surface area contributed by atoms with Crippen LogP contribution in [0.5, 0.6) is 0 Å². The molecule has 142 valence electrons. The summed E-state index contributed by atoms with van der Waals surface area (Å²) in [6.45, 7) is 6.38. The minimum atomic E-state index is -0.529. The van der Waals surface area contributed by atoms with Crippen molar-refractivity contribution in [2.75, 3.05) is 26.2 Å². The normalized spacial score (nSPS) is 17.3. The fourth-order valence-corrected chi connectivity index (χ4v) is 5.00. The van der Waals surface area contributed by atoms with Gasteiger partial charge in [0.05, 0.1) is 5.69 Å². The first-order chi connectivity index (χ1) is 13.1. The first-order valence-corrected chi connectivity index (χ1v) is 10.8. The summed E-state index contributed by atoms with van der Waals surface area (Å²) in [5, 5.41) is 7.40. The zero-order valence-electron chi connectivity index (χ0n) is 15.1. The van der Waals surface area contributed by atoms with Crippen LogP contribution in [0.3, 0.4) is 0 Å². The molecule has 1 fully saturated rings. The van der Waals surface area contributed by atoms with Gasteiger partial charge < -0.3 is 0 Å². The molecule has 7 heteroatoms. The highest BCUT2D eigenvalue weighted by molar-refractivity contribution is 7.14. The summed E-state index contributed by atoms with van der Waals surface area (Å²) in [7, 11) is 0. The Bertz CT molecular complexity index is 887. The number of benzene rings is 1. The maximum Gasteiger partial charge on any atom is 0.130 e. The van der Waals surface area contributed by atoms with E-state index in [2.05, 4.69) is 32.0 Å². The van der Waals surface area contributed by atoms with E-state index in [1.54, 1.807) is 28.7 Å². The summed E-state index contributed by atoms with van der Waals surface area (Å²) in [6, 6.07) is 5.90. The molecule has 0 saturated carbocycles. The van der Waals surface area contributed by atoms with E-state index in [0.717, 1.165) is 49.5 Å². The van der Waals surface area contributed by atoms with Gasteiger partial charge in [-0.25, -0.2) is 13.8 Å². The van der Waals surface area contributed by atoms with E-state index < -0.39 is 11.6 Å². The predicted molar refractivity (Wildman–Crippen MR) is 107 cm³/mol. The molecule has 3 aromatic rings. The molecule has 4 rings (SSSR count). The molecule has 0 aliphatic carbocycles. The first kappa shape index (κ1) is 18.7. The molecule has 1 aromatic carbocycles. The lowest BCUT2D eigenvalue weighted by atomic mass is 10.1. The molecule has 2 aromatic heterocycles. The highest BCUT2D eigenvalue weighted by Crippen LogP contribution is 2.27. The fraction of sp³-hybridized carbons (Fsp3) is 0.350. The molecular formula is C20H21F2N3S2. The van der Waals surface area contributed by atoms with Crippen LogP contribution in [-0.4, -0.2) is 41.0 Å². The van der Waals surface area contributed by atoms with Gasteiger partial charge in [0.15, 0.2) is 0 Å². The third kappa shape index (κ3) is 4.27. The van der Waals surface area contributed by atoms with E-state index in [1.807, 2.05) is 6.92 Å². The minimum Gasteiger partial charge on any atom is -0.295 e. The van der Waals surface area contributed by atoms with Crippen molar-refractivity contribution in [1.29, 1.82) is 0 Å². The minimum absolute atomic E-state index is 0.0581. The summed E-state index contributed by atoms with van der Waals surface area (Å²) in [6.07, 6.45) is 0. The Balaban J connectivity index is 1.33. The number of thiophene rings is 1. The van der Waals surface area contributed by atoms with Crippen LogP contribution >= 0.6 is 22.7 Å². The number of aromatic nitrogens is 1. The van der Waals surface area contributed by atoms with Gasteiger partial charge in [-0.15, -0.1) is 11.3 Å². The average molecular weight is 406 g/mol. The number of nitrogens with zero attached hydrogens (tertiary/aromatic N) is 3. The maximum absolute atomic E-state index is 14.1. The summed E-state index contributed by atoms with van der Waals surface area (Å²) in [5.74, 6) is -0.994. The van der Waals surface area contributed by atoms with Crippen LogP contribution < -0.4 is 0 Å². The molecule has 3 nitrogen and oxygen atoms in total. The van der Waals surface area contributed by atoms with E-state index in [-0.39, 0.29) is 6.04 Å². The average Bonchev–Trinajstić information content (AvgIpc) is 3.33. The van der Waals surface area contributed by atoms with E-state index in [4.69, 9.17) is 4.98 Å². The number of hydrogen-bond acceptors (Lipinski definition) is 5. The van der Waals surface area contributed by atoms with Crippen molar-refractivity contribution in [3.8, 4) is 10.6 Å². The Kier molecular flexibility index (Phi) is 5.63. The molecule has 3 heterocycles. The van der Waals surface area contributed by atoms with Crippen LogP contribution in [0.15, 0.2) is 40.4 Å². The van der Waals surface area contributed by atoms with Crippen molar-refractivity contribution < 1.29 is 8.78 Å². The van der Waals surface area contributed by atoms with Crippen molar-refractivity contribution in [2.24, 2.45) is 0 Å². The second kappa shape index (κ2) is 8.14. The number of rotatable bonds is 5. The van der Waals surface area contributed by atoms with Crippen LogP contribution in [0.4, 0.5) is 8.78 Å². The molecule has 0 N–H and O–H groups in total. The Labute approximate surface area is 165 Å². The highest BCUT2D eigenvalue weighted by Gasteiger charge is 2.24. The quantitative estimate of drug-likeness (QED) is 0.594. The lowest BCUT2D eigenvalue weighted by molar-refractivity contribution is 0.0958. The van der Waals surface area contributed by atoms with Gasteiger partial charge in [0.2, 0.25) is 0 Å². The van der Waals surface area contributed by atoms with E-state index in [1.165, 1.54) is 11.6 Å². The van der Waals surface area contributed by atoms with E-state index in [0.29, 0.717) is 5.56 Å². The molecule has 1 saturated heterocycles. The maximum atomic E-state index is 14.1. The largest absolute Gasteiger partial charge is 0.295 e. The molecule has 1 aliphatic rings. The summed E-state index contributed by atoms with van der Waals surface area (Å²) < 4.78 is 27.2. The fourth-order valence-electron chi connectivity index (χ4n) is 3.47. The standard InChI is InChI=1S/C20H21F2N3S2/c1-14(18-3-2-16(21)10-19(18)22)25-7-5-24(6-8-25)11-17-13-27-20(23-17)15-4-9-26-12-15/h2-4,9-10,12-14H,5-8,11H2,1H3. The lowest BCUT2D eigenvalue weighted by Crippen LogP contribution is -2.46. The van der Waals surface area contributed by atoms with Crippen molar-refractivity contribution in [2.45, 2.75) is 19.5 Å². The Morgan fingerprint density at radius 1 is 1.11 bits per heavy atom. The van der Waals surface area contributed by atoms with Gasteiger partial charge in [0, 0.05) is 66.7 Å². The van der Waals surface area contributed by atoms with Crippen molar-refractivity contribution in [1.82, 2.24) is 14.8 Å². The highest BCUT2D eigenvalue weighted by atomic mass is 32.1. The van der Waals surface area contributed by atoms with Gasteiger partial charge in [-0.05, 0) is 24.4 Å². The number of hydrogen-bond donors (Lipinski definition) is 0. The third-order valence-corrected chi connectivity index (χ3v) is 6.70. The van der Waals surface area contributed by atoms with Gasteiger partial charge in [-0.1, -0.05) is 6.07 Å². The second-order valence-corrected chi connectivity index (χ2v) is 8.45. The molecule has 1 aliphatic heterocycles. The zero-order chi connectivity index (χ0) is 18.8. The molecule has 0 amide bonds. The van der Waals surface area contributed by atoms with Gasteiger partial charge >= 0.3 is 0 Å². The smallest absolute Gasteiger partial charge is 0.130 e. The Morgan fingerprint density at radius 2 is 1.93 bits per heavy atom. The van der Waals surface area contributed by atoms with Crippen LogP contribution in [0.1, 0.15) is 24.2 Å². The second-order valence-electron chi connectivity index (χ2n) is 6.81. The van der Waals surface area contributed by atoms with Crippen molar-refractivity contribution in [3.05, 3.63) is 63.3 Å². The van der Waals surface area contributed by atoms with Crippen LogP contribution in [-0.2, 0) is 6.54 Å². The van der Waals surface area contributed by atoms with Crippen molar-refractivity contribution in [3.63, 3.8) is 0 Å². The first-order valence-electron chi connectivity index (χ1n) is 8.98. The SMILES string of the molecule is CC(c1ccc(F)cc1F)N1CCN(Cc2csc(-c3ccsc3)n2)CC1. The molecule has 27 heavy (non-hydrogen) atoms. The van der Waals surface area contributed by atoms with Crippen molar-refractivity contribution >= 4 is 22.7 Å². The summed E-state index contributed by atoms with van der Waals surface area (Å²) >= 11 is 3.37. The molecule has 0 spiro atoms. The van der Waals surface area contributed by atoms with Gasteiger partial charge in [-0.3, -0.25) is 9.80 Å². The number of thiazole rings is 1. The predicted octanol–water partition coefficient (Wildman–Crippen LogP) is 5.03. The molecular weight excluding hydrogens is 384 g/mol. The van der Waals surface area contributed by atoms with E-state index >= 15 is 0 Å². The Hall–Kier alpha value is -1.67. The third-order valence-electron chi connectivity index (χ3n) is 5.07. The van der Waals surface area contributed by atoms with Gasteiger partial charge in [-0.2, -0.15) is 11.3 Å².